The van der Waals surface area contributed by atoms with Gasteiger partial charge in [0.1, 0.15) is 0 Å². The van der Waals surface area contributed by atoms with E-state index in [2.05, 4.69) is 10.2 Å². The van der Waals surface area contributed by atoms with Crippen molar-refractivity contribution in [3.05, 3.63) is 53.6 Å². The van der Waals surface area contributed by atoms with Gasteiger partial charge in [0.2, 0.25) is 0 Å². The lowest BCUT2D eigenvalue weighted by Crippen LogP contribution is -2.21. The first-order chi connectivity index (χ1) is 13.5. The van der Waals surface area contributed by atoms with E-state index in [0.717, 1.165) is 31.6 Å². The summed E-state index contributed by atoms with van der Waals surface area (Å²) >= 11 is 0.427. The fourth-order valence-electron chi connectivity index (χ4n) is 3.10. The van der Waals surface area contributed by atoms with E-state index in [1.165, 1.54) is 31.4 Å². The Hall–Kier alpha value is -2.61. The molecule has 1 N–H and O–H groups in total. The van der Waals surface area contributed by atoms with E-state index in [0.29, 0.717) is 33.5 Å². The van der Waals surface area contributed by atoms with Crippen LogP contribution in [0.2, 0.25) is 0 Å². The molecule has 28 heavy (non-hydrogen) atoms. The molecule has 0 saturated carbocycles. The summed E-state index contributed by atoms with van der Waals surface area (Å²) < 4.78 is 29.6. The Labute approximate surface area is 166 Å². The van der Waals surface area contributed by atoms with E-state index in [-0.39, 0.29) is 5.91 Å². The van der Waals surface area contributed by atoms with Gasteiger partial charge in [-0.05, 0) is 55.3 Å². The maximum atomic E-state index is 12.7. The Balaban J connectivity index is 1.84. The molecule has 1 heterocycles. The SMILES string of the molecule is COC(=O)c1ccc(N2CCCC2)c(NC(=O)c2ccc(SC(F)F)cc2)c1. The molecule has 0 spiro atoms. The van der Waals surface area contributed by atoms with E-state index < -0.39 is 11.7 Å². The van der Waals surface area contributed by atoms with Crippen molar-refractivity contribution in [2.75, 3.05) is 30.4 Å². The zero-order valence-electron chi connectivity index (χ0n) is 15.3. The molecule has 0 radical (unpaired) electrons. The number of esters is 1. The van der Waals surface area contributed by atoms with Crippen LogP contribution in [0.5, 0.6) is 0 Å². The van der Waals surface area contributed by atoms with Crippen LogP contribution in [-0.4, -0.2) is 37.8 Å². The molecule has 0 aromatic heterocycles. The van der Waals surface area contributed by atoms with Crippen molar-refractivity contribution < 1.29 is 23.1 Å². The fourth-order valence-corrected chi connectivity index (χ4v) is 3.60. The minimum Gasteiger partial charge on any atom is -0.465 e. The molecule has 5 nitrogen and oxygen atoms in total. The predicted molar refractivity (Wildman–Crippen MR) is 105 cm³/mol. The fraction of sp³-hybridized carbons (Fsp3) is 0.300. The molecule has 148 valence electrons. The topological polar surface area (TPSA) is 58.6 Å². The number of carbonyl (C=O) groups is 2. The van der Waals surface area contributed by atoms with Gasteiger partial charge in [0.05, 0.1) is 24.0 Å². The van der Waals surface area contributed by atoms with Crippen molar-refractivity contribution in [2.45, 2.75) is 23.5 Å². The molecule has 2 aromatic carbocycles. The average Bonchev–Trinajstić information content (AvgIpc) is 3.22. The number of rotatable bonds is 6. The molecule has 3 rings (SSSR count). The number of carbonyl (C=O) groups excluding carboxylic acids is 2. The van der Waals surface area contributed by atoms with Crippen molar-refractivity contribution >= 4 is 35.0 Å². The van der Waals surface area contributed by atoms with Gasteiger partial charge < -0.3 is 15.0 Å². The van der Waals surface area contributed by atoms with Gasteiger partial charge in [-0.2, -0.15) is 8.78 Å². The smallest absolute Gasteiger partial charge is 0.337 e. The van der Waals surface area contributed by atoms with Crippen molar-refractivity contribution in [3.8, 4) is 0 Å². The summed E-state index contributed by atoms with van der Waals surface area (Å²) in [5.74, 6) is -3.38. The molecule has 1 aliphatic heterocycles. The first kappa shape index (κ1) is 20.1. The van der Waals surface area contributed by atoms with Crippen LogP contribution in [0.1, 0.15) is 33.6 Å². The number of amides is 1. The Morgan fingerprint density at radius 3 is 2.32 bits per heavy atom. The van der Waals surface area contributed by atoms with Crippen LogP contribution in [0.3, 0.4) is 0 Å². The van der Waals surface area contributed by atoms with Crippen molar-refractivity contribution in [1.29, 1.82) is 0 Å². The highest BCUT2D eigenvalue weighted by Crippen LogP contribution is 2.31. The molecule has 0 atom stereocenters. The number of ether oxygens (including phenoxy) is 1. The van der Waals surface area contributed by atoms with E-state index in [4.69, 9.17) is 4.74 Å². The van der Waals surface area contributed by atoms with Gasteiger partial charge in [0, 0.05) is 23.5 Å². The van der Waals surface area contributed by atoms with Crippen LogP contribution >= 0.6 is 11.8 Å². The second-order valence-electron chi connectivity index (χ2n) is 6.27. The molecule has 2 aromatic rings. The second kappa shape index (κ2) is 9.05. The normalized spacial score (nSPS) is 13.6. The van der Waals surface area contributed by atoms with Crippen LogP contribution in [-0.2, 0) is 4.74 Å². The molecule has 1 amide bonds. The third kappa shape index (κ3) is 4.81. The maximum absolute atomic E-state index is 12.7. The summed E-state index contributed by atoms with van der Waals surface area (Å²) in [5, 5.41) is 2.84. The Morgan fingerprint density at radius 2 is 1.71 bits per heavy atom. The van der Waals surface area contributed by atoms with E-state index in [1.54, 1.807) is 18.2 Å². The van der Waals surface area contributed by atoms with Crippen LogP contribution in [0.15, 0.2) is 47.4 Å². The number of benzene rings is 2. The summed E-state index contributed by atoms with van der Waals surface area (Å²) in [7, 11) is 1.30. The number of halogens is 2. The number of nitrogens with one attached hydrogen (secondary N) is 1. The lowest BCUT2D eigenvalue weighted by molar-refractivity contribution is 0.0600. The van der Waals surface area contributed by atoms with Crippen molar-refractivity contribution in [3.63, 3.8) is 0 Å². The van der Waals surface area contributed by atoms with E-state index in [9.17, 15) is 18.4 Å². The highest BCUT2D eigenvalue weighted by atomic mass is 32.2. The van der Waals surface area contributed by atoms with Crippen molar-refractivity contribution in [2.24, 2.45) is 0 Å². The highest BCUT2D eigenvalue weighted by molar-refractivity contribution is 7.99. The molecule has 1 saturated heterocycles. The van der Waals surface area contributed by atoms with Gasteiger partial charge in [-0.15, -0.1) is 0 Å². The number of hydrogen-bond donors (Lipinski definition) is 1. The third-order valence-electron chi connectivity index (χ3n) is 4.45. The zero-order chi connectivity index (χ0) is 20.1. The van der Waals surface area contributed by atoms with Gasteiger partial charge in [0.15, 0.2) is 0 Å². The number of thioether (sulfide) groups is 1. The van der Waals surface area contributed by atoms with Crippen LogP contribution in [0.25, 0.3) is 0 Å². The van der Waals surface area contributed by atoms with Crippen molar-refractivity contribution in [1.82, 2.24) is 0 Å². The largest absolute Gasteiger partial charge is 0.465 e. The Kier molecular flexibility index (Phi) is 6.51. The predicted octanol–water partition coefficient (Wildman–Crippen LogP) is 4.64. The van der Waals surface area contributed by atoms with Gasteiger partial charge >= 0.3 is 5.97 Å². The third-order valence-corrected chi connectivity index (χ3v) is 5.18. The van der Waals surface area contributed by atoms with Crippen LogP contribution in [0, 0.1) is 0 Å². The zero-order valence-corrected chi connectivity index (χ0v) is 16.1. The molecule has 0 unspecified atom stereocenters. The molecule has 0 aliphatic carbocycles. The van der Waals surface area contributed by atoms with Gasteiger partial charge in [-0.1, -0.05) is 11.8 Å². The molecular weight excluding hydrogens is 386 g/mol. The molecular formula is C20H20F2N2O3S. The number of anilines is 2. The average molecular weight is 406 g/mol. The quantitative estimate of drug-likeness (QED) is 0.559. The number of hydrogen-bond acceptors (Lipinski definition) is 5. The summed E-state index contributed by atoms with van der Waals surface area (Å²) in [6, 6.07) is 11.0. The van der Waals surface area contributed by atoms with Crippen LogP contribution in [0.4, 0.5) is 20.2 Å². The Morgan fingerprint density at radius 1 is 1.07 bits per heavy atom. The monoisotopic (exact) mass is 406 g/mol. The standard InChI is InChI=1S/C20H20F2N2O3S/c1-27-19(26)14-6-9-17(24-10-2-3-11-24)16(12-14)23-18(25)13-4-7-15(8-5-13)28-20(21)22/h4-9,12,20H,2-3,10-11H2,1H3,(H,23,25). The number of alkyl halides is 2. The number of nitrogens with zero attached hydrogens (tertiary/aromatic N) is 1. The highest BCUT2D eigenvalue weighted by Gasteiger charge is 2.19. The maximum Gasteiger partial charge on any atom is 0.337 e. The summed E-state index contributed by atoms with van der Waals surface area (Å²) in [6.07, 6.45) is 2.13. The summed E-state index contributed by atoms with van der Waals surface area (Å²) in [5.41, 5.74) is 2.03. The van der Waals surface area contributed by atoms with Gasteiger partial charge in [0.25, 0.3) is 11.7 Å². The van der Waals surface area contributed by atoms with E-state index >= 15 is 0 Å². The lowest BCUT2D eigenvalue weighted by Gasteiger charge is -2.22. The Bertz CT molecular complexity index is 853. The summed E-state index contributed by atoms with van der Waals surface area (Å²) in [4.78, 5) is 27.1. The molecule has 8 heteroatoms. The first-order valence-corrected chi connectivity index (χ1v) is 9.69. The van der Waals surface area contributed by atoms with Gasteiger partial charge in [-0.3, -0.25) is 4.79 Å². The van der Waals surface area contributed by atoms with Crippen LogP contribution < -0.4 is 10.2 Å². The second-order valence-corrected chi connectivity index (χ2v) is 7.34. The molecule has 1 aliphatic rings. The first-order valence-electron chi connectivity index (χ1n) is 8.81. The minimum atomic E-state index is -2.51. The lowest BCUT2D eigenvalue weighted by atomic mass is 10.1. The molecule has 1 fully saturated rings. The summed E-state index contributed by atoms with van der Waals surface area (Å²) in [6.45, 7) is 1.75. The minimum absolute atomic E-state index is 0.337. The molecule has 0 bridgehead atoms. The van der Waals surface area contributed by atoms with Gasteiger partial charge in [-0.25, -0.2) is 4.79 Å². The van der Waals surface area contributed by atoms with E-state index in [1.807, 2.05) is 0 Å². The number of methoxy groups -OCH3 is 1.